The zero-order chi connectivity index (χ0) is 40.3. The maximum Gasteiger partial charge on any atom is 0.290 e. The number of ether oxygens (including phenoxy) is 1. The molecule has 6 aromatic rings. The topological polar surface area (TPSA) is 219 Å². The number of carbonyl (C=O) groups is 2. The standard InChI is InChI=1S/C40H42N4O6.2CH2O2/c1-44(27-32-25-42-39(50-32)40(48,30-8-4-2-5-9-30)31-10-6-3-7-11-31)21-23-49-22-20-28-12-14-29(15-13-28)24-41-26-36(46)33-16-18-35(45)38-34(33)17-19-37(47)43-38;2*2-1-3/h2-19,25,36,41,45-46,48H,20-24,26-27H2,1H3,(H,43,47);2*1H,(H,2,3). The molecule has 0 fully saturated rings. The molecule has 14 heteroatoms. The molecule has 0 amide bonds. The molecule has 14 nitrogen and oxygen atoms in total. The smallest absolute Gasteiger partial charge is 0.290 e. The Labute approximate surface area is 323 Å². The molecule has 4 aromatic carbocycles. The highest BCUT2D eigenvalue weighted by Gasteiger charge is 2.38. The van der Waals surface area contributed by atoms with Crippen LogP contribution in [0.1, 0.15) is 45.6 Å². The van der Waals surface area contributed by atoms with Gasteiger partial charge in [-0.15, -0.1) is 0 Å². The summed E-state index contributed by atoms with van der Waals surface area (Å²) < 4.78 is 12.0. The highest BCUT2D eigenvalue weighted by atomic mass is 16.5. The van der Waals surface area contributed by atoms with E-state index in [9.17, 15) is 20.1 Å². The maximum atomic E-state index is 11.9. The number of likely N-dealkylation sites (N-methyl/N-ethyl adjacent to an activating group) is 1. The van der Waals surface area contributed by atoms with Gasteiger partial charge in [0.1, 0.15) is 11.5 Å². The number of phenols is 1. The Kier molecular flexibility index (Phi) is 16.5. The molecule has 0 aliphatic rings. The molecule has 1 unspecified atom stereocenters. The van der Waals surface area contributed by atoms with E-state index in [1.165, 1.54) is 17.7 Å². The van der Waals surface area contributed by atoms with E-state index >= 15 is 0 Å². The second-order valence-electron chi connectivity index (χ2n) is 12.6. The number of aromatic nitrogens is 2. The molecule has 0 saturated carbocycles. The number of fused-ring (bicyclic) bond motifs is 1. The Morgan fingerprint density at radius 3 is 2.11 bits per heavy atom. The van der Waals surface area contributed by atoms with Crippen molar-refractivity contribution in [2.45, 2.75) is 31.2 Å². The van der Waals surface area contributed by atoms with E-state index in [1.54, 1.807) is 18.3 Å². The van der Waals surface area contributed by atoms with Gasteiger partial charge in [-0.2, -0.15) is 0 Å². The fraction of sp³-hybridized carbons (Fsp3) is 0.238. The summed E-state index contributed by atoms with van der Waals surface area (Å²) in [5.41, 5.74) is 2.76. The fourth-order valence-corrected chi connectivity index (χ4v) is 6.01. The van der Waals surface area contributed by atoms with Crippen LogP contribution in [0.25, 0.3) is 10.9 Å². The lowest BCUT2D eigenvalue weighted by Gasteiger charge is -2.26. The first-order chi connectivity index (χ1) is 27.1. The van der Waals surface area contributed by atoms with Crippen molar-refractivity contribution in [2.75, 3.05) is 33.4 Å². The van der Waals surface area contributed by atoms with Crippen molar-refractivity contribution >= 4 is 23.8 Å². The van der Waals surface area contributed by atoms with Crippen LogP contribution in [0.4, 0.5) is 0 Å². The molecule has 6 rings (SSSR count). The number of carboxylic acid groups (broad SMARTS) is 2. The van der Waals surface area contributed by atoms with Crippen LogP contribution >= 0.6 is 0 Å². The highest BCUT2D eigenvalue weighted by molar-refractivity contribution is 5.87. The molecule has 2 heterocycles. The number of phenolic OH excluding ortho intramolecular Hbond substituents is 1. The number of oxazole rings is 1. The molecule has 0 spiro atoms. The molecule has 0 saturated heterocycles. The van der Waals surface area contributed by atoms with Gasteiger partial charge in [0, 0.05) is 31.1 Å². The lowest BCUT2D eigenvalue weighted by molar-refractivity contribution is -0.123. The fourth-order valence-electron chi connectivity index (χ4n) is 6.01. The maximum absolute atomic E-state index is 11.9. The normalized spacial score (nSPS) is 11.6. The number of nitrogens with one attached hydrogen (secondary N) is 2. The van der Waals surface area contributed by atoms with Gasteiger partial charge in [0.2, 0.25) is 11.4 Å². The van der Waals surface area contributed by atoms with Crippen molar-refractivity contribution in [3.05, 3.63) is 165 Å². The third-order valence-corrected chi connectivity index (χ3v) is 8.78. The zero-order valence-corrected chi connectivity index (χ0v) is 30.8. The van der Waals surface area contributed by atoms with Gasteiger partial charge < -0.3 is 45.0 Å². The van der Waals surface area contributed by atoms with Gasteiger partial charge in [0.15, 0.2) is 5.60 Å². The van der Waals surface area contributed by atoms with Crippen molar-refractivity contribution in [3.63, 3.8) is 0 Å². The summed E-state index contributed by atoms with van der Waals surface area (Å²) in [7, 11) is 1.99. The number of hydrogen-bond donors (Lipinski definition) is 7. The summed E-state index contributed by atoms with van der Waals surface area (Å²) in [5.74, 6) is 0.856. The van der Waals surface area contributed by atoms with E-state index in [2.05, 4.69) is 44.5 Å². The van der Waals surface area contributed by atoms with Crippen LogP contribution in [0, 0.1) is 0 Å². The van der Waals surface area contributed by atoms with Gasteiger partial charge in [-0.05, 0) is 53.4 Å². The first-order valence-electron chi connectivity index (χ1n) is 17.7. The van der Waals surface area contributed by atoms with Crippen molar-refractivity contribution in [2.24, 2.45) is 0 Å². The lowest BCUT2D eigenvalue weighted by atomic mass is 9.86. The number of aromatic amines is 1. The molecule has 0 aliphatic heterocycles. The van der Waals surface area contributed by atoms with Crippen LogP contribution in [0.3, 0.4) is 0 Å². The van der Waals surface area contributed by atoms with Crippen molar-refractivity contribution in [3.8, 4) is 5.75 Å². The summed E-state index contributed by atoms with van der Waals surface area (Å²) in [4.78, 5) is 37.6. The first-order valence-corrected chi connectivity index (χ1v) is 17.7. The number of hydrogen-bond acceptors (Lipinski definition) is 11. The largest absolute Gasteiger partial charge is 0.506 e. The van der Waals surface area contributed by atoms with E-state index in [0.717, 1.165) is 12.0 Å². The third kappa shape index (κ3) is 11.7. The number of pyridine rings is 1. The second kappa shape index (κ2) is 21.7. The Morgan fingerprint density at radius 2 is 1.48 bits per heavy atom. The number of aromatic hydroxyl groups is 1. The van der Waals surface area contributed by atoms with E-state index in [1.807, 2.05) is 67.7 Å². The van der Waals surface area contributed by atoms with Gasteiger partial charge in [0.25, 0.3) is 12.9 Å². The summed E-state index contributed by atoms with van der Waals surface area (Å²) in [6.07, 6.45) is 1.65. The number of benzene rings is 4. The average molecular weight is 767 g/mol. The molecule has 0 bridgehead atoms. The molecule has 0 aliphatic carbocycles. The lowest BCUT2D eigenvalue weighted by Crippen LogP contribution is -2.29. The number of aliphatic hydroxyl groups excluding tert-OH is 1. The molecule has 2 aromatic heterocycles. The van der Waals surface area contributed by atoms with E-state index in [0.29, 0.717) is 72.7 Å². The average Bonchev–Trinajstić information content (AvgIpc) is 3.68. The molecular weight excluding hydrogens is 720 g/mol. The van der Waals surface area contributed by atoms with Crippen LogP contribution < -0.4 is 10.9 Å². The third-order valence-electron chi connectivity index (χ3n) is 8.78. The number of nitrogens with zero attached hydrogens (tertiary/aromatic N) is 2. The number of rotatable bonds is 16. The van der Waals surface area contributed by atoms with Gasteiger partial charge in [-0.25, -0.2) is 4.98 Å². The molecule has 1 atom stereocenters. The second-order valence-corrected chi connectivity index (χ2v) is 12.6. The van der Waals surface area contributed by atoms with E-state index in [-0.39, 0.29) is 30.1 Å². The van der Waals surface area contributed by atoms with Gasteiger partial charge in [-0.1, -0.05) is 91.0 Å². The van der Waals surface area contributed by atoms with Gasteiger partial charge in [0.05, 0.1) is 37.6 Å². The van der Waals surface area contributed by atoms with Crippen LogP contribution in [-0.2, 0) is 39.4 Å². The van der Waals surface area contributed by atoms with Gasteiger partial charge >= 0.3 is 0 Å². The van der Waals surface area contributed by atoms with E-state index < -0.39 is 11.7 Å². The van der Waals surface area contributed by atoms with Crippen molar-refractivity contribution in [1.29, 1.82) is 0 Å². The predicted molar refractivity (Wildman–Crippen MR) is 209 cm³/mol. The van der Waals surface area contributed by atoms with E-state index in [4.69, 9.17) is 29.0 Å². The van der Waals surface area contributed by atoms with Crippen LogP contribution in [0.15, 0.2) is 125 Å². The molecule has 0 radical (unpaired) electrons. The van der Waals surface area contributed by atoms with Crippen LogP contribution in [0.5, 0.6) is 5.75 Å². The number of aliphatic hydroxyl groups is 2. The number of H-pyrrole nitrogens is 1. The minimum absolute atomic E-state index is 0.0321. The summed E-state index contributed by atoms with van der Waals surface area (Å²) >= 11 is 0. The monoisotopic (exact) mass is 766 g/mol. The summed E-state index contributed by atoms with van der Waals surface area (Å²) in [5, 5.41) is 50.5. The van der Waals surface area contributed by atoms with Gasteiger partial charge in [-0.3, -0.25) is 19.3 Å². The minimum atomic E-state index is -1.51. The molecule has 56 heavy (non-hydrogen) atoms. The molecule has 294 valence electrons. The Morgan fingerprint density at radius 1 is 0.875 bits per heavy atom. The highest BCUT2D eigenvalue weighted by Crippen LogP contribution is 2.36. The summed E-state index contributed by atoms with van der Waals surface area (Å²) in [6, 6.07) is 33.3. The molecular formula is C42H46N4O10. The van der Waals surface area contributed by atoms with Crippen molar-refractivity contribution < 1.29 is 44.3 Å². The predicted octanol–water partition coefficient (Wildman–Crippen LogP) is 4.42. The SMILES string of the molecule is CN(CCOCCc1ccc(CNCC(O)c2ccc(O)c3[nH]c(=O)ccc23)cc1)Cc1cnc(C(O)(c2ccccc2)c2ccccc2)o1.O=CO.O=CO. The Hall–Kier alpha value is -6.16. The zero-order valence-electron chi connectivity index (χ0n) is 30.8. The quantitative estimate of drug-likeness (QED) is 0.0537. The Balaban J connectivity index is 0.00000109. The van der Waals surface area contributed by atoms with Crippen molar-refractivity contribution in [1.82, 2.24) is 20.2 Å². The minimum Gasteiger partial charge on any atom is -0.506 e. The van der Waals surface area contributed by atoms with Crippen LogP contribution in [0.2, 0.25) is 0 Å². The molecule has 7 N–H and O–H groups in total. The first kappa shape index (κ1) is 42.6. The van der Waals surface area contributed by atoms with Crippen LogP contribution in [-0.4, -0.2) is 86.7 Å². The Bertz CT molecular complexity index is 2100. The summed E-state index contributed by atoms with van der Waals surface area (Å²) in [6.45, 7) is 2.77.